The summed E-state index contributed by atoms with van der Waals surface area (Å²) >= 11 is 4.34. The average molecular weight is 104 g/mol. The van der Waals surface area contributed by atoms with Gasteiger partial charge < -0.3 is 4.74 Å². The molecule has 0 aliphatic heterocycles. The molecule has 0 aromatic rings. The van der Waals surface area contributed by atoms with E-state index in [9.17, 15) is 4.79 Å². The molecule has 34 valence electrons. The van der Waals surface area contributed by atoms with E-state index in [4.69, 9.17) is 0 Å². The molecule has 0 spiro atoms. The van der Waals surface area contributed by atoms with Gasteiger partial charge >= 0.3 is 0 Å². The van der Waals surface area contributed by atoms with Crippen LogP contribution in [-0.4, -0.2) is 11.5 Å². The molecule has 0 aromatic heterocycles. The molecule has 6 heavy (non-hydrogen) atoms. The Bertz CT molecular complexity index is 69.2. The van der Waals surface area contributed by atoms with Crippen molar-refractivity contribution in [1.29, 1.82) is 0 Å². The Labute approximate surface area is 41.1 Å². The molecule has 0 aromatic carbocycles. The maximum atomic E-state index is 9.31. The lowest BCUT2D eigenvalue weighted by molar-refractivity contribution is -0.121. The Morgan fingerprint density at radius 1 is 2.00 bits per heavy atom. The van der Waals surface area contributed by atoms with Crippen LogP contribution in [0.25, 0.3) is 0 Å². The number of ether oxygens (including phenoxy) is 1. The molecule has 0 saturated heterocycles. The van der Waals surface area contributed by atoms with Crippen LogP contribution < -0.4 is 0 Å². The Hall–Kier alpha value is -0.440. The maximum absolute atomic E-state index is 9.31. The third-order valence-electron chi connectivity index (χ3n) is 0.214. The summed E-state index contributed by atoms with van der Waals surface area (Å²) in [6.07, 6.45) is 0. The van der Waals surface area contributed by atoms with E-state index in [0.29, 0.717) is 6.47 Å². The molecule has 0 aliphatic rings. The summed E-state index contributed by atoms with van der Waals surface area (Å²) in [6, 6.07) is 0. The van der Waals surface area contributed by atoms with E-state index in [0.717, 1.165) is 0 Å². The van der Waals surface area contributed by atoms with Crippen molar-refractivity contribution in [3.63, 3.8) is 0 Å². The standard InChI is InChI=1S/C3H4O2S/c1-3(6)5-2-4/h2H,1H3. The lowest BCUT2D eigenvalue weighted by Gasteiger charge is -1.83. The second-order valence-electron chi connectivity index (χ2n) is 0.706. The minimum atomic E-state index is 0.255. The molecule has 0 saturated carbocycles. The van der Waals surface area contributed by atoms with Gasteiger partial charge in [0.05, 0.1) is 0 Å². The quantitative estimate of drug-likeness (QED) is 0.358. The number of thiocarbonyl (C=S) groups is 1. The van der Waals surface area contributed by atoms with Gasteiger partial charge in [-0.1, -0.05) is 0 Å². The molecular formula is C3H4O2S. The molecule has 0 bridgehead atoms. The molecule has 0 amide bonds. The highest BCUT2D eigenvalue weighted by molar-refractivity contribution is 7.80. The molecular weight excluding hydrogens is 100 g/mol. The van der Waals surface area contributed by atoms with Crippen molar-refractivity contribution >= 4 is 23.7 Å². The fraction of sp³-hybridized carbons (Fsp3) is 0.333. The van der Waals surface area contributed by atoms with Gasteiger partial charge in [0.1, 0.15) is 0 Å². The highest BCUT2D eigenvalue weighted by Crippen LogP contribution is 1.70. The van der Waals surface area contributed by atoms with E-state index in [1.54, 1.807) is 0 Å². The molecule has 3 heteroatoms. The van der Waals surface area contributed by atoms with Gasteiger partial charge in [-0.25, -0.2) is 0 Å². The van der Waals surface area contributed by atoms with Crippen LogP contribution in [0.4, 0.5) is 0 Å². The maximum Gasteiger partial charge on any atom is 0.298 e. The highest BCUT2D eigenvalue weighted by atomic mass is 32.1. The SMILES string of the molecule is CC(=S)OC=O. The van der Waals surface area contributed by atoms with Gasteiger partial charge in [0.15, 0.2) is 5.05 Å². The largest absolute Gasteiger partial charge is 0.422 e. The molecule has 0 N–H and O–H groups in total. The third kappa shape index (κ3) is 3.56. The fourth-order valence-corrected chi connectivity index (χ4v) is 0.107. The Morgan fingerprint density at radius 3 is 2.50 bits per heavy atom. The minimum Gasteiger partial charge on any atom is -0.422 e. The van der Waals surface area contributed by atoms with Crippen LogP contribution in [0.1, 0.15) is 6.92 Å². The molecule has 0 unspecified atom stereocenters. The van der Waals surface area contributed by atoms with E-state index >= 15 is 0 Å². The lowest BCUT2D eigenvalue weighted by Crippen LogP contribution is -1.89. The van der Waals surface area contributed by atoms with Crippen LogP contribution in [0.2, 0.25) is 0 Å². The van der Waals surface area contributed by atoms with Gasteiger partial charge in [-0.15, -0.1) is 0 Å². The first-order chi connectivity index (χ1) is 2.77. The monoisotopic (exact) mass is 104 g/mol. The normalized spacial score (nSPS) is 6.83. The van der Waals surface area contributed by atoms with E-state index < -0.39 is 0 Å². The zero-order chi connectivity index (χ0) is 4.99. The first kappa shape index (κ1) is 5.56. The van der Waals surface area contributed by atoms with Crippen molar-refractivity contribution in [1.82, 2.24) is 0 Å². The highest BCUT2D eigenvalue weighted by Gasteiger charge is 1.76. The van der Waals surface area contributed by atoms with Crippen LogP contribution in [0.15, 0.2) is 0 Å². The molecule has 0 rings (SSSR count). The van der Waals surface area contributed by atoms with Crippen molar-refractivity contribution < 1.29 is 9.53 Å². The molecule has 0 fully saturated rings. The predicted octanol–water partition coefficient (Wildman–Crippen LogP) is 0.507. The summed E-state index contributed by atoms with van der Waals surface area (Å²) in [6.45, 7) is 1.84. The van der Waals surface area contributed by atoms with Gasteiger partial charge in [-0.2, -0.15) is 0 Å². The number of carbonyl (C=O) groups excluding carboxylic acids is 1. The second kappa shape index (κ2) is 2.78. The molecule has 0 aliphatic carbocycles. The fourth-order valence-electron chi connectivity index (χ4n) is 0.0678. The van der Waals surface area contributed by atoms with Crippen LogP contribution in [0, 0.1) is 0 Å². The van der Waals surface area contributed by atoms with Crippen LogP contribution >= 0.6 is 12.2 Å². The van der Waals surface area contributed by atoms with Crippen molar-refractivity contribution in [2.24, 2.45) is 0 Å². The van der Waals surface area contributed by atoms with Crippen molar-refractivity contribution in [2.75, 3.05) is 0 Å². The summed E-state index contributed by atoms with van der Waals surface area (Å²) in [5.74, 6) is 0. The van der Waals surface area contributed by atoms with Crippen molar-refractivity contribution in [3.05, 3.63) is 0 Å². The van der Waals surface area contributed by atoms with Crippen molar-refractivity contribution in [3.8, 4) is 0 Å². The predicted molar refractivity (Wildman–Crippen MR) is 25.4 cm³/mol. The summed E-state index contributed by atoms with van der Waals surface area (Å²) < 4.78 is 4.09. The Balaban J connectivity index is 3.05. The molecule has 0 radical (unpaired) electrons. The Kier molecular flexibility index (Phi) is 2.58. The molecule has 2 nitrogen and oxygen atoms in total. The lowest BCUT2D eigenvalue weighted by atomic mass is 10.9. The second-order valence-corrected chi connectivity index (χ2v) is 1.28. The van der Waals surface area contributed by atoms with Crippen LogP contribution in [0.3, 0.4) is 0 Å². The summed E-state index contributed by atoms with van der Waals surface area (Å²) in [7, 11) is 0. The van der Waals surface area contributed by atoms with Crippen LogP contribution in [-0.2, 0) is 9.53 Å². The smallest absolute Gasteiger partial charge is 0.298 e. The molecule has 0 heterocycles. The van der Waals surface area contributed by atoms with Gasteiger partial charge in [-0.3, -0.25) is 4.79 Å². The Morgan fingerprint density at radius 2 is 2.50 bits per heavy atom. The van der Waals surface area contributed by atoms with Gasteiger partial charge in [-0.05, 0) is 12.2 Å². The number of carbonyl (C=O) groups is 1. The summed E-state index contributed by atoms with van der Waals surface area (Å²) in [5, 5.41) is 0.255. The van der Waals surface area contributed by atoms with E-state index in [1.807, 2.05) is 0 Å². The average Bonchev–Trinajstić information content (AvgIpc) is 1.35. The van der Waals surface area contributed by atoms with Crippen LogP contribution in [0.5, 0.6) is 0 Å². The first-order valence-corrected chi connectivity index (χ1v) is 1.79. The number of hydrogen-bond acceptors (Lipinski definition) is 3. The van der Waals surface area contributed by atoms with E-state index in [1.165, 1.54) is 6.92 Å². The zero-order valence-corrected chi connectivity index (χ0v) is 4.12. The summed E-state index contributed by atoms with van der Waals surface area (Å²) in [5.41, 5.74) is 0. The minimum absolute atomic E-state index is 0.255. The first-order valence-electron chi connectivity index (χ1n) is 1.38. The number of rotatable bonds is 1. The van der Waals surface area contributed by atoms with Gasteiger partial charge in [0.25, 0.3) is 6.47 Å². The topological polar surface area (TPSA) is 26.3 Å². The van der Waals surface area contributed by atoms with Crippen molar-refractivity contribution in [2.45, 2.75) is 6.92 Å². The zero-order valence-electron chi connectivity index (χ0n) is 3.30. The van der Waals surface area contributed by atoms with Gasteiger partial charge in [0.2, 0.25) is 0 Å². The molecule has 0 atom stereocenters. The number of hydrogen-bond donors (Lipinski definition) is 0. The summed E-state index contributed by atoms with van der Waals surface area (Å²) in [4.78, 5) is 9.31. The van der Waals surface area contributed by atoms with E-state index in [-0.39, 0.29) is 5.05 Å². The van der Waals surface area contributed by atoms with E-state index in [2.05, 4.69) is 17.0 Å². The third-order valence-corrected chi connectivity index (χ3v) is 0.310. The van der Waals surface area contributed by atoms with Gasteiger partial charge in [0, 0.05) is 6.92 Å².